The van der Waals surface area contributed by atoms with Crippen LogP contribution < -0.4 is 0 Å². The SMILES string of the molecule is CC(=O)c1cc(I)ccc1C. The number of carbonyl (C=O) groups excluding carboxylic acids is 1. The fourth-order valence-electron chi connectivity index (χ4n) is 0.974. The van der Waals surface area contributed by atoms with E-state index in [1.807, 2.05) is 25.1 Å². The van der Waals surface area contributed by atoms with Gasteiger partial charge in [0.25, 0.3) is 0 Å². The predicted octanol–water partition coefficient (Wildman–Crippen LogP) is 2.80. The van der Waals surface area contributed by atoms with Crippen LogP contribution in [0, 0.1) is 10.5 Å². The van der Waals surface area contributed by atoms with Gasteiger partial charge < -0.3 is 0 Å². The van der Waals surface area contributed by atoms with Crippen LogP contribution in [0.5, 0.6) is 0 Å². The molecule has 1 aromatic rings. The van der Waals surface area contributed by atoms with Gasteiger partial charge in [0.2, 0.25) is 0 Å². The van der Waals surface area contributed by atoms with Crippen LogP contribution in [-0.4, -0.2) is 5.78 Å². The van der Waals surface area contributed by atoms with E-state index in [0.717, 1.165) is 14.7 Å². The summed E-state index contributed by atoms with van der Waals surface area (Å²) in [6, 6.07) is 5.89. The summed E-state index contributed by atoms with van der Waals surface area (Å²) in [5, 5.41) is 0. The number of carbonyl (C=O) groups is 1. The Balaban J connectivity index is 3.23. The predicted molar refractivity (Wildman–Crippen MR) is 53.9 cm³/mol. The smallest absolute Gasteiger partial charge is 0.160 e. The molecule has 0 atom stereocenters. The first-order chi connectivity index (χ1) is 5.11. The highest BCUT2D eigenvalue weighted by atomic mass is 127. The van der Waals surface area contributed by atoms with E-state index < -0.39 is 0 Å². The van der Waals surface area contributed by atoms with Gasteiger partial charge in [0, 0.05) is 9.13 Å². The van der Waals surface area contributed by atoms with Crippen LogP contribution in [-0.2, 0) is 0 Å². The molecule has 0 saturated heterocycles. The largest absolute Gasteiger partial charge is 0.295 e. The summed E-state index contributed by atoms with van der Waals surface area (Å²) in [5.74, 6) is 0.140. The molecule has 0 aliphatic carbocycles. The van der Waals surface area contributed by atoms with E-state index in [0.29, 0.717) is 0 Å². The Hall–Kier alpha value is -0.380. The molecule has 11 heavy (non-hydrogen) atoms. The van der Waals surface area contributed by atoms with Gasteiger partial charge in [0.1, 0.15) is 0 Å². The number of halogens is 1. The third kappa shape index (κ3) is 2.02. The topological polar surface area (TPSA) is 17.1 Å². The van der Waals surface area contributed by atoms with Crippen LogP contribution in [0.25, 0.3) is 0 Å². The maximum atomic E-state index is 11.0. The fraction of sp³-hybridized carbons (Fsp3) is 0.222. The molecule has 0 bridgehead atoms. The van der Waals surface area contributed by atoms with Crippen LogP contribution in [0.4, 0.5) is 0 Å². The molecule has 0 N–H and O–H groups in total. The Morgan fingerprint density at radius 3 is 2.55 bits per heavy atom. The van der Waals surface area contributed by atoms with Crippen molar-refractivity contribution in [3.05, 3.63) is 32.9 Å². The Kier molecular flexibility index (Phi) is 2.65. The number of aryl methyl sites for hydroxylation is 1. The summed E-state index contributed by atoms with van der Waals surface area (Å²) in [6.07, 6.45) is 0. The van der Waals surface area contributed by atoms with Gasteiger partial charge in [-0.1, -0.05) is 6.07 Å². The van der Waals surface area contributed by atoms with Crippen LogP contribution in [0.1, 0.15) is 22.8 Å². The van der Waals surface area contributed by atoms with Crippen molar-refractivity contribution in [1.29, 1.82) is 0 Å². The van der Waals surface area contributed by atoms with E-state index in [9.17, 15) is 4.79 Å². The molecular weight excluding hydrogens is 251 g/mol. The van der Waals surface area contributed by atoms with E-state index in [4.69, 9.17) is 0 Å². The van der Waals surface area contributed by atoms with Crippen molar-refractivity contribution in [3.8, 4) is 0 Å². The zero-order chi connectivity index (χ0) is 8.43. The van der Waals surface area contributed by atoms with Gasteiger partial charge in [-0.15, -0.1) is 0 Å². The first-order valence-corrected chi connectivity index (χ1v) is 4.46. The minimum atomic E-state index is 0.140. The second-order valence-corrected chi connectivity index (χ2v) is 3.76. The minimum absolute atomic E-state index is 0.140. The van der Waals surface area contributed by atoms with Gasteiger partial charge in [-0.05, 0) is 54.1 Å². The zero-order valence-electron chi connectivity index (χ0n) is 6.52. The normalized spacial score (nSPS) is 9.73. The minimum Gasteiger partial charge on any atom is -0.295 e. The molecule has 0 amide bonds. The van der Waals surface area contributed by atoms with Crippen molar-refractivity contribution in [2.45, 2.75) is 13.8 Å². The Morgan fingerprint density at radius 1 is 1.45 bits per heavy atom. The third-order valence-electron chi connectivity index (χ3n) is 1.58. The number of benzene rings is 1. The van der Waals surface area contributed by atoms with Crippen molar-refractivity contribution < 1.29 is 4.79 Å². The molecule has 58 valence electrons. The van der Waals surface area contributed by atoms with Gasteiger partial charge in [-0.2, -0.15) is 0 Å². The first kappa shape index (κ1) is 8.71. The summed E-state index contributed by atoms with van der Waals surface area (Å²) < 4.78 is 1.11. The van der Waals surface area contributed by atoms with Crippen molar-refractivity contribution >= 4 is 28.4 Å². The summed E-state index contributed by atoms with van der Waals surface area (Å²) in [6.45, 7) is 3.55. The lowest BCUT2D eigenvalue weighted by molar-refractivity contribution is 0.101. The summed E-state index contributed by atoms with van der Waals surface area (Å²) in [5.41, 5.74) is 1.88. The molecule has 0 aliphatic rings. The van der Waals surface area contributed by atoms with E-state index in [-0.39, 0.29) is 5.78 Å². The van der Waals surface area contributed by atoms with Crippen LogP contribution in [0.3, 0.4) is 0 Å². The third-order valence-corrected chi connectivity index (χ3v) is 2.25. The molecule has 0 saturated carbocycles. The highest BCUT2D eigenvalue weighted by Gasteiger charge is 2.02. The van der Waals surface area contributed by atoms with E-state index in [1.54, 1.807) is 6.92 Å². The van der Waals surface area contributed by atoms with Gasteiger partial charge in [-0.25, -0.2) is 0 Å². The molecule has 0 spiro atoms. The van der Waals surface area contributed by atoms with Gasteiger partial charge in [0.05, 0.1) is 0 Å². The molecule has 0 fully saturated rings. The average Bonchev–Trinajstić information content (AvgIpc) is 1.94. The first-order valence-electron chi connectivity index (χ1n) is 3.38. The molecule has 0 heterocycles. The molecule has 1 nitrogen and oxygen atoms in total. The van der Waals surface area contributed by atoms with E-state index in [2.05, 4.69) is 22.6 Å². The maximum absolute atomic E-state index is 11.0. The standard InChI is InChI=1S/C9H9IO/c1-6-3-4-8(10)5-9(6)7(2)11/h3-5H,1-2H3. The molecule has 0 unspecified atom stereocenters. The highest BCUT2D eigenvalue weighted by molar-refractivity contribution is 14.1. The second kappa shape index (κ2) is 3.34. The van der Waals surface area contributed by atoms with E-state index in [1.165, 1.54) is 0 Å². The van der Waals surface area contributed by atoms with Crippen LogP contribution >= 0.6 is 22.6 Å². The lowest BCUT2D eigenvalue weighted by Crippen LogP contribution is -1.95. The zero-order valence-corrected chi connectivity index (χ0v) is 8.68. The van der Waals surface area contributed by atoms with Crippen molar-refractivity contribution in [1.82, 2.24) is 0 Å². The fourth-order valence-corrected chi connectivity index (χ4v) is 1.46. The number of ketones is 1. The molecule has 1 rings (SSSR count). The second-order valence-electron chi connectivity index (χ2n) is 2.52. The van der Waals surface area contributed by atoms with Crippen LogP contribution in [0.15, 0.2) is 18.2 Å². The summed E-state index contributed by atoms with van der Waals surface area (Å²) in [4.78, 5) is 11.0. The molecule has 0 radical (unpaired) electrons. The van der Waals surface area contributed by atoms with Crippen LogP contribution in [0.2, 0.25) is 0 Å². The van der Waals surface area contributed by atoms with Crippen molar-refractivity contribution in [2.75, 3.05) is 0 Å². The Bertz CT molecular complexity index is 292. The van der Waals surface area contributed by atoms with Crippen molar-refractivity contribution in [3.63, 3.8) is 0 Å². The Labute approximate surface area is 79.9 Å². The number of Topliss-reactive ketones (excluding diaryl/α,β-unsaturated/α-hetero) is 1. The molecule has 2 heteroatoms. The van der Waals surface area contributed by atoms with Gasteiger partial charge in [0.15, 0.2) is 5.78 Å². The average molecular weight is 260 g/mol. The van der Waals surface area contributed by atoms with Gasteiger partial charge >= 0.3 is 0 Å². The summed E-state index contributed by atoms with van der Waals surface area (Å²) in [7, 11) is 0. The monoisotopic (exact) mass is 260 g/mol. The maximum Gasteiger partial charge on any atom is 0.160 e. The lowest BCUT2D eigenvalue weighted by Gasteiger charge is -2.00. The molecule has 1 aromatic carbocycles. The summed E-state index contributed by atoms with van der Waals surface area (Å²) >= 11 is 2.20. The molecule has 0 aliphatic heterocycles. The number of hydrogen-bond acceptors (Lipinski definition) is 1. The highest BCUT2D eigenvalue weighted by Crippen LogP contribution is 2.13. The Morgan fingerprint density at radius 2 is 2.09 bits per heavy atom. The lowest BCUT2D eigenvalue weighted by atomic mass is 10.1. The van der Waals surface area contributed by atoms with Gasteiger partial charge in [-0.3, -0.25) is 4.79 Å². The molecular formula is C9H9IO. The number of rotatable bonds is 1. The quantitative estimate of drug-likeness (QED) is 0.560. The van der Waals surface area contributed by atoms with Crippen molar-refractivity contribution in [2.24, 2.45) is 0 Å². The number of hydrogen-bond donors (Lipinski definition) is 0. The van der Waals surface area contributed by atoms with E-state index >= 15 is 0 Å². The molecule has 0 aromatic heterocycles.